The average molecular weight is 719 g/mol. The molecule has 0 saturated heterocycles. The Hall–Kier alpha value is -0.202. The van der Waals surface area contributed by atoms with Crippen molar-refractivity contribution in [2.45, 2.75) is 153 Å². The molecule has 44 heavy (non-hydrogen) atoms. The number of ether oxygens (including phenoxy) is 3. The lowest BCUT2D eigenvalue weighted by Gasteiger charge is -2.41. The summed E-state index contributed by atoms with van der Waals surface area (Å²) in [6.45, 7) is 30.2. The molecule has 0 saturated carbocycles. The van der Waals surface area contributed by atoms with E-state index in [4.69, 9.17) is 26.6 Å². The molecular formula is C31H90O9Si4. The van der Waals surface area contributed by atoms with Crippen LogP contribution in [-0.2, 0) is 41.1 Å². The number of carbonyl (C=O) groups is 1. The molecule has 0 fully saturated rings. The Morgan fingerprint density at radius 3 is 1.41 bits per heavy atom. The van der Waals surface area contributed by atoms with Crippen molar-refractivity contribution in [1.82, 2.24) is 0 Å². The highest BCUT2D eigenvalue weighted by atomic mass is 28.5. The molecule has 0 bridgehead atoms. The summed E-state index contributed by atoms with van der Waals surface area (Å²) < 4.78 is 36.5. The Balaban J connectivity index is -0.0000000834. The van der Waals surface area contributed by atoms with E-state index in [0.29, 0.717) is 32.7 Å². The van der Waals surface area contributed by atoms with Gasteiger partial charge in [-0.15, -0.1) is 13.2 Å². The molecule has 0 aliphatic rings. The van der Waals surface area contributed by atoms with E-state index < -0.39 is 39.7 Å². The van der Waals surface area contributed by atoms with E-state index in [1.54, 1.807) is 0 Å². The molecule has 0 spiro atoms. The molecule has 13 heteroatoms. The third-order valence-electron chi connectivity index (χ3n) is 3.37. The van der Waals surface area contributed by atoms with Gasteiger partial charge in [0.25, 0.3) is 0 Å². The van der Waals surface area contributed by atoms with Crippen LogP contribution in [-0.4, -0.2) is 85.1 Å². The monoisotopic (exact) mass is 719 g/mol. The summed E-state index contributed by atoms with van der Waals surface area (Å²) in [4.78, 5) is 19.6. The lowest BCUT2D eigenvalue weighted by molar-refractivity contribution is -0.275. The average Bonchev–Trinajstić information content (AvgIpc) is 2.61. The Bertz CT molecular complexity index is 559. The van der Waals surface area contributed by atoms with Gasteiger partial charge in [-0.3, -0.25) is 4.89 Å². The van der Waals surface area contributed by atoms with E-state index >= 15 is 0 Å². The van der Waals surface area contributed by atoms with Gasteiger partial charge < -0.3 is 26.6 Å². The summed E-state index contributed by atoms with van der Waals surface area (Å²) in [5.41, 5.74) is 0. The fraction of sp³-hybridized carbons (Fsp3) is 0.903. The van der Waals surface area contributed by atoms with E-state index in [1.165, 1.54) is 6.92 Å². The van der Waals surface area contributed by atoms with Crippen molar-refractivity contribution >= 4 is 39.7 Å². The smallest absolute Gasteiger partial charge is 0.342 e. The number of hydrogen-bond donors (Lipinski definition) is 0. The molecule has 2 unspecified atom stereocenters. The molecule has 0 aromatic rings. The maximum absolute atomic E-state index is 10.6. The lowest BCUT2D eigenvalue weighted by Crippen LogP contribution is -2.59. The van der Waals surface area contributed by atoms with Gasteiger partial charge in [-0.2, -0.15) is 4.89 Å². The van der Waals surface area contributed by atoms with E-state index in [-0.39, 0.29) is 87.0 Å². The van der Waals surface area contributed by atoms with Crippen molar-refractivity contribution in [2.24, 2.45) is 0 Å². The minimum Gasteiger partial charge on any atom is -0.437 e. The van der Waals surface area contributed by atoms with Gasteiger partial charge in [-0.25, -0.2) is 4.79 Å². The van der Waals surface area contributed by atoms with Gasteiger partial charge in [0.05, 0.1) is 38.8 Å². The third kappa shape index (κ3) is 54.3. The van der Waals surface area contributed by atoms with Crippen molar-refractivity contribution in [3.05, 3.63) is 13.2 Å². The lowest BCUT2D eigenvalue weighted by atomic mass is 10.4. The summed E-state index contributed by atoms with van der Waals surface area (Å²) >= 11 is 0. The van der Waals surface area contributed by atoms with Gasteiger partial charge in [0.1, 0.15) is 6.61 Å². The first-order valence-corrected chi connectivity index (χ1v) is 23.8. The Labute approximate surface area is 285 Å². The van der Waals surface area contributed by atoms with Crippen molar-refractivity contribution in [1.29, 1.82) is 0 Å². The highest BCUT2D eigenvalue weighted by Gasteiger charge is 2.44. The molecular weight excluding hydrogens is 629 g/mol. The molecule has 0 aromatic heterocycles. The van der Waals surface area contributed by atoms with E-state index in [0.717, 1.165) is 0 Å². The van der Waals surface area contributed by atoms with Crippen molar-refractivity contribution < 1.29 is 41.1 Å². The predicted octanol–water partition coefficient (Wildman–Crippen LogP) is 11.1. The standard InChI is InChI=1S/C19H46O9Si4.C2H4.10CH4/c1-18(23-14-15-24-25-19(2)20)16-21-12-13-22-17-32(11,27-30(6,7)8)28-31(9,10)26-29(3,4)5;1-2;;;;;;;;;;/h18H,12-17H2,1-11H3;1-2H2;10*1H4. The van der Waals surface area contributed by atoms with E-state index in [9.17, 15) is 4.79 Å². The van der Waals surface area contributed by atoms with Crippen LogP contribution in [0.15, 0.2) is 13.2 Å². The molecule has 0 heterocycles. The first-order valence-electron chi connectivity index (χ1n) is 11.6. The highest BCUT2D eigenvalue weighted by molar-refractivity contribution is 6.89. The van der Waals surface area contributed by atoms with Gasteiger partial charge in [-0.05, 0) is 65.8 Å². The van der Waals surface area contributed by atoms with Crippen LogP contribution in [0.1, 0.15) is 88.1 Å². The maximum atomic E-state index is 10.6. The Morgan fingerprint density at radius 1 is 0.614 bits per heavy atom. The Kier molecular flexibility index (Phi) is 70.3. The largest absolute Gasteiger partial charge is 0.437 e. The molecule has 0 aromatic carbocycles. The maximum Gasteiger partial charge on any atom is 0.342 e. The van der Waals surface area contributed by atoms with Crippen LogP contribution in [0.2, 0.25) is 58.9 Å². The molecule has 0 amide bonds. The van der Waals surface area contributed by atoms with Gasteiger partial charge in [0, 0.05) is 6.92 Å². The summed E-state index contributed by atoms with van der Waals surface area (Å²) in [6.07, 6.45) is 0.325. The second-order valence-corrected chi connectivity index (χ2v) is 26.5. The zero-order chi connectivity index (χ0) is 27.1. The van der Waals surface area contributed by atoms with Crippen LogP contribution >= 0.6 is 0 Å². The molecule has 0 rings (SSSR count). The van der Waals surface area contributed by atoms with Crippen molar-refractivity contribution in [3.63, 3.8) is 0 Å². The fourth-order valence-corrected chi connectivity index (χ4v) is 20.4. The molecule has 0 N–H and O–H groups in total. The van der Waals surface area contributed by atoms with Crippen molar-refractivity contribution in [2.75, 3.05) is 39.3 Å². The first-order chi connectivity index (χ1) is 15.4. The van der Waals surface area contributed by atoms with Crippen LogP contribution in [0.5, 0.6) is 0 Å². The highest BCUT2D eigenvalue weighted by Crippen LogP contribution is 2.24. The fourth-order valence-electron chi connectivity index (χ4n) is 3.09. The quantitative estimate of drug-likeness (QED) is 0.0451. The summed E-state index contributed by atoms with van der Waals surface area (Å²) in [7, 11) is -8.44. The molecule has 284 valence electrons. The van der Waals surface area contributed by atoms with Crippen LogP contribution in [0.25, 0.3) is 0 Å². The number of rotatable bonds is 18. The minimum absolute atomic E-state index is 0. The van der Waals surface area contributed by atoms with Gasteiger partial charge >= 0.3 is 23.1 Å². The second kappa shape index (κ2) is 39.0. The minimum atomic E-state index is -2.57. The topological polar surface area (TPSA) is 90.9 Å². The molecule has 9 nitrogen and oxygen atoms in total. The summed E-state index contributed by atoms with van der Waals surface area (Å²) in [5, 5.41) is 0. The Morgan fingerprint density at radius 2 is 1.02 bits per heavy atom. The van der Waals surface area contributed by atoms with Crippen LogP contribution in [0.3, 0.4) is 0 Å². The zero-order valence-electron chi connectivity index (χ0n) is 23.4. The predicted molar refractivity (Wildman–Crippen MR) is 212 cm³/mol. The van der Waals surface area contributed by atoms with Crippen LogP contribution in [0.4, 0.5) is 0 Å². The first kappa shape index (κ1) is 79.3. The normalized spacial score (nSPS) is 11.7. The third-order valence-corrected chi connectivity index (χ3v) is 16.4. The second-order valence-electron chi connectivity index (χ2n) is 10.3. The van der Waals surface area contributed by atoms with Crippen LogP contribution < -0.4 is 0 Å². The van der Waals surface area contributed by atoms with E-state index in [1.807, 2.05) is 6.92 Å². The van der Waals surface area contributed by atoms with Crippen molar-refractivity contribution in [3.8, 4) is 0 Å². The number of carbonyl (C=O) groups excluding carboxylic acids is 1. The van der Waals surface area contributed by atoms with E-state index in [2.05, 4.69) is 81.9 Å². The molecule has 2 atom stereocenters. The summed E-state index contributed by atoms with van der Waals surface area (Å²) in [6, 6.07) is 0. The van der Waals surface area contributed by atoms with Gasteiger partial charge in [-0.1, -0.05) is 74.3 Å². The molecule has 0 radical (unpaired) electrons. The van der Waals surface area contributed by atoms with Gasteiger partial charge in [0.2, 0.25) is 0 Å². The SMILES string of the molecule is C.C.C.C.C.C.C.C.C.C.C=C.CC(=O)OOCCOC(C)COCCOC[Si](C)(O[Si](C)(C)C)O[Si](C)(C)O[Si](C)(C)C. The van der Waals surface area contributed by atoms with Crippen LogP contribution in [0, 0.1) is 0 Å². The summed E-state index contributed by atoms with van der Waals surface area (Å²) in [5.74, 6) is -0.490. The number of hydrogen-bond acceptors (Lipinski definition) is 9. The molecule has 0 aliphatic carbocycles. The molecule has 0 aliphatic heterocycles. The van der Waals surface area contributed by atoms with Gasteiger partial charge in [0.15, 0.2) is 16.6 Å². The zero-order valence-corrected chi connectivity index (χ0v) is 27.4.